The van der Waals surface area contributed by atoms with Crippen molar-refractivity contribution in [2.75, 3.05) is 25.1 Å². The minimum Gasteiger partial charge on any atom is -0.486 e. The number of thiophene rings is 1. The third-order valence-electron chi connectivity index (χ3n) is 5.01. The number of carbonyl (C=O) groups is 1. The van der Waals surface area contributed by atoms with Crippen LogP contribution in [0, 0.1) is 0 Å². The fourth-order valence-electron chi connectivity index (χ4n) is 3.57. The molecule has 10 nitrogen and oxygen atoms in total. The first-order valence-electron chi connectivity index (χ1n) is 9.62. The molecule has 0 unspecified atom stereocenters. The highest BCUT2D eigenvalue weighted by Gasteiger charge is 2.40. The number of rotatable bonds is 5. The lowest BCUT2D eigenvalue weighted by molar-refractivity contribution is -0.119. The standard InChI is InChI=1S/C19H18N4O6S2/c24-17(13-3-1-7-23(13)31(25,26)16-4-2-10-30-16)20-19-22-21-18(29-19)12-5-6-14-15(11-12)28-9-8-27-14/h2,4-6,10-11,13H,1,3,7-9H2,(H,20,22,24)/t13-/m0/s1. The van der Waals surface area contributed by atoms with Crippen molar-refractivity contribution in [1.82, 2.24) is 14.5 Å². The molecule has 1 saturated heterocycles. The SMILES string of the molecule is O=C(Nc1nnc(-c2ccc3c(c2)OCCO3)o1)[C@@H]1CCCN1S(=O)(=O)c1cccs1. The van der Waals surface area contributed by atoms with Crippen molar-refractivity contribution in [2.45, 2.75) is 23.1 Å². The van der Waals surface area contributed by atoms with E-state index in [4.69, 9.17) is 13.9 Å². The quantitative estimate of drug-likeness (QED) is 0.613. The number of amides is 1. The van der Waals surface area contributed by atoms with Crippen LogP contribution in [0.25, 0.3) is 11.5 Å². The summed E-state index contributed by atoms with van der Waals surface area (Å²) < 4.78 is 43.8. The molecule has 0 bridgehead atoms. The molecule has 12 heteroatoms. The van der Waals surface area contributed by atoms with Crippen LogP contribution in [0.5, 0.6) is 11.5 Å². The molecule has 2 aliphatic heterocycles. The smallest absolute Gasteiger partial charge is 0.322 e. The van der Waals surface area contributed by atoms with Crippen LogP contribution in [0.15, 0.2) is 44.3 Å². The highest BCUT2D eigenvalue weighted by molar-refractivity contribution is 7.91. The highest BCUT2D eigenvalue weighted by Crippen LogP contribution is 2.34. The van der Waals surface area contributed by atoms with E-state index in [0.717, 1.165) is 11.3 Å². The lowest BCUT2D eigenvalue weighted by Crippen LogP contribution is -2.42. The Labute approximate surface area is 181 Å². The third kappa shape index (κ3) is 3.77. The van der Waals surface area contributed by atoms with Crippen LogP contribution < -0.4 is 14.8 Å². The Morgan fingerprint density at radius 2 is 2.00 bits per heavy atom. The molecule has 0 aliphatic carbocycles. The number of carbonyl (C=O) groups excluding carboxylic acids is 1. The molecular weight excluding hydrogens is 444 g/mol. The number of hydrogen-bond donors (Lipinski definition) is 1. The second-order valence-corrected chi connectivity index (χ2v) is 10.0. The molecule has 0 saturated carbocycles. The molecule has 1 N–H and O–H groups in total. The summed E-state index contributed by atoms with van der Waals surface area (Å²) >= 11 is 1.12. The first-order valence-corrected chi connectivity index (χ1v) is 11.9. The summed E-state index contributed by atoms with van der Waals surface area (Å²) in [7, 11) is -3.73. The van der Waals surface area contributed by atoms with Gasteiger partial charge in [0.2, 0.25) is 11.8 Å². The Morgan fingerprint density at radius 1 is 1.16 bits per heavy atom. The largest absolute Gasteiger partial charge is 0.486 e. The summed E-state index contributed by atoms with van der Waals surface area (Å²) in [6.45, 7) is 1.22. The van der Waals surface area contributed by atoms with Crippen LogP contribution in [0.4, 0.5) is 6.01 Å². The predicted molar refractivity (Wildman–Crippen MR) is 111 cm³/mol. The van der Waals surface area contributed by atoms with Gasteiger partial charge >= 0.3 is 6.01 Å². The van der Waals surface area contributed by atoms with Crippen LogP contribution in [-0.4, -0.2) is 54.6 Å². The van der Waals surface area contributed by atoms with Crippen molar-refractivity contribution >= 4 is 33.3 Å². The maximum absolute atomic E-state index is 12.9. The highest BCUT2D eigenvalue weighted by atomic mass is 32.2. The van der Waals surface area contributed by atoms with E-state index in [1.54, 1.807) is 29.6 Å². The molecule has 162 valence electrons. The molecule has 1 atom stereocenters. The van der Waals surface area contributed by atoms with E-state index >= 15 is 0 Å². The Kier molecular flexibility index (Phi) is 5.12. The summed E-state index contributed by atoms with van der Waals surface area (Å²) in [5.41, 5.74) is 0.611. The number of hydrogen-bond acceptors (Lipinski definition) is 9. The van der Waals surface area contributed by atoms with Gasteiger partial charge in [0.05, 0.1) is 0 Å². The zero-order chi connectivity index (χ0) is 21.4. The summed E-state index contributed by atoms with van der Waals surface area (Å²) in [5, 5.41) is 12.1. The summed E-state index contributed by atoms with van der Waals surface area (Å²) in [6, 6.07) is 7.48. The second-order valence-electron chi connectivity index (χ2n) is 6.97. The van der Waals surface area contributed by atoms with Gasteiger partial charge in [-0.25, -0.2) is 8.42 Å². The van der Waals surface area contributed by atoms with Crippen LogP contribution in [0.3, 0.4) is 0 Å². The van der Waals surface area contributed by atoms with Crippen LogP contribution in [0.1, 0.15) is 12.8 Å². The minimum atomic E-state index is -3.73. The van der Waals surface area contributed by atoms with Crippen molar-refractivity contribution in [3.63, 3.8) is 0 Å². The molecule has 2 aromatic heterocycles. The van der Waals surface area contributed by atoms with Gasteiger partial charge in [0.1, 0.15) is 23.5 Å². The Bertz CT molecular complexity index is 1210. The van der Waals surface area contributed by atoms with E-state index in [1.807, 2.05) is 0 Å². The summed E-state index contributed by atoms with van der Waals surface area (Å²) in [5.74, 6) is 0.904. The number of aromatic nitrogens is 2. The average molecular weight is 463 g/mol. The lowest BCUT2D eigenvalue weighted by atomic mass is 10.2. The van der Waals surface area contributed by atoms with Gasteiger partial charge in [-0.1, -0.05) is 11.2 Å². The number of nitrogens with one attached hydrogen (secondary N) is 1. The second kappa shape index (κ2) is 7.94. The fraction of sp³-hybridized carbons (Fsp3) is 0.316. The molecule has 0 spiro atoms. The molecule has 1 amide bonds. The summed E-state index contributed by atoms with van der Waals surface area (Å²) in [4.78, 5) is 12.8. The van der Waals surface area contributed by atoms with Crippen LogP contribution in [0.2, 0.25) is 0 Å². The number of sulfonamides is 1. The first kappa shape index (κ1) is 20.0. The number of benzene rings is 1. The molecule has 31 heavy (non-hydrogen) atoms. The van der Waals surface area contributed by atoms with Gasteiger partial charge in [-0.3, -0.25) is 10.1 Å². The molecule has 5 rings (SSSR count). The predicted octanol–water partition coefficient (Wildman–Crippen LogP) is 2.36. The molecule has 1 aromatic carbocycles. The Balaban J connectivity index is 1.32. The number of ether oxygens (including phenoxy) is 2. The minimum absolute atomic E-state index is 0.102. The van der Waals surface area contributed by atoms with E-state index in [-0.39, 0.29) is 22.7 Å². The van der Waals surface area contributed by atoms with Crippen molar-refractivity contribution in [3.05, 3.63) is 35.7 Å². The van der Waals surface area contributed by atoms with Crippen molar-refractivity contribution in [3.8, 4) is 23.0 Å². The number of nitrogens with zero attached hydrogens (tertiary/aromatic N) is 3. The maximum Gasteiger partial charge on any atom is 0.322 e. The van der Waals surface area contributed by atoms with Crippen molar-refractivity contribution < 1.29 is 27.1 Å². The molecule has 1 fully saturated rings. The van der Waals surface area contributed by atoms with E-state index < -0.39 is 22.0 Å². The van der Waals surface area contributed by atoms with Crippen molar-refractivity contribution in [2.24, 2.45) is 0 Å². The molecular formula is C19H18N4O6S2. The van der Waals surface area contributed by atoms with Crippen LogP contribution in [-0.2, 0) is 14.8 Å². The first-order chi connectivity index (χ1) is 15.0. The van der Waals surface area contributed by atoms with Gasteiger partial charge in [0.25, 0.3) is 10.0 Å². The fourth-order valence-corrected chi connectivity index (χ4v) is 6.35. The van der Waals surface area contributed by atoms with Gasteiger partial charge in [0.15, 0.2) is 11.5 Å². The van der Waals surface area contributed by atoms with E-state index in [2.05, 4.69) is 15.5 Å². The topological polar surface area (TPSA) is 124 Å². The molecule has 3 aromatic rings. The van der Waals surface area contributed by atoms with Crippen molar-refractivity contribution in [1.29, 1.82) is 0 Å². The lowest BCUT2D eigenvalue weighted by Gasteiger charge is -2.21. The van der Waals surface area contributed by atoms with E-state index in [9.17, 15) is 13.2 Å². The van der Waals surface area contributed by atoms with Gasteiger partial charge in [0, 0.05) is 12.1 Å². The number of anilines is 1. The Hall–Kier alpha value is -2.96. The third-order valence-corrected chi connectivity index (χ3v) is 8.29. The van der Waals surface area contributed by atoms with E-state index in [1.165, 1.54) is 10.4 Å². The zero-order valence-corrected chi connectivity index (χ0v) is 17.8. The van der Waals surface area contributed by atoms with E-state index in [0.29, 0.717) is 43.1 Å². The molecule has 0 radical (unpaired) electrons. The van der Waals surface area contributed by atoms with Gasteiger partial charge in [-0.15, -0.1) is 16.4 Å². The Morgan fingerprint density at radius 3 is 2.81 bits per heavy atom. The van der Waals surface area contributed by atoms with Gasteiger partial charge in [-0.2, -0.15) is 4.31 Å². The monoisotopic (exact) mass is 462 g/mol. The van der Waals surface area contributed by atoms with Gasteiger partial charge < -0.3 is 13.9 Å². The normalized spacial score (nSPS) is 18.8. The maximum atomic E-state index is 12.9. The number of fused-ring (bicyclic) bond motifs is 1. The van der Waals surface area contributed by atoms with Gasteiger partial charge in [-0.05, 0) is 42.5 Å². The average Bonchev–Trinajstić information content (AvgIpc) is 3.55. The zero-order valence-electron chi connectivity index (χ0n) is 16.2. The molecule has 4 heterocycles. The summed E-state index contributed by atoms with van der Waals surface area (Å²) in [6.07, 6.45) is 1.01. The van der Waals surface area contributed by atoms with Crippen LogP contribution >= 0.6 is 11.3 Å². The molecule has 2 aliphatic rings.